The fraction of sp³-hybridized carbons (Fsp3) is 0.562. The standard InChI is InChI=1S/C16H21N3O3/c1-18(16(22)10-19-5-3-2-4-15(19)21)13-6-11-8-14(20)17-9-12(11)7-13/h2-5,11-13H,6-10H2,1H3,(H,17,20)/t11-,12+,13-/m0/s1. The highest BCUT2D eigenvalue weighted by Crippen LogP contribution is 2.38. The summed E-state index contributed by atoms with van der Waals surface area (Å²) in [5, 5.41) is 2.90. The summed E-state index contributed by atoms with van der Waals surface area (Å²) in [4.78, 5) is 37.3. The number of aromatic nitrogens is 1. The third-order valence-corrected chi connectivity index (χ3v) is 4.97. The van der Waals surface area contributed by atoms with Gasteiger partial charge in [0.2, 0.25) is 11.8 Å². The smallest absolute Gasteiger partial charge is 0.250 e. The summed E-state index contributed by atoms with van der Waals surface area (Å²) >= 11 is 0. The van der Waals surface area contributed by atoms with Gasteiger partial charge in [0.15, 0.2) is 0 Å². The van der Waals surface area contributed by atoms with Crippen molar-refractivity contribution in [2.24, 2.45) is 11.8 Å². The maximum atomic E-state index is 12.4. The Kier molecular flexibility index (Phi) is 4.00. The van der Waals surface area contributed by atoms with Crippen LogP contribution in [0.15, 0.2) is 29.2 Å². The first-order valence-corrected chi connectivity index (χ1v) is 7.72. The molecule has 1 aliphatic carbocycles. The summed E-state index contributed by atoms with van der Waals surface area (Å²) in [7, 11) is 1.80. The molecule has 0 bridgehead atoms. The Balaban J connectivity index is 1.63. The fourth-order valence-corrected chi connectivity index (χ4v) is 3.60. The van der Waals surface area contributed by atoms with Crippen LogP contribution in [-0.4, -0.2) is 40.9 Å². The largest absolute Gasteiger partial charge is 0.356 e. The molecular formula is C16H21N3O3. The van der Waals surface area contributed by atoms with E-state index in [1.807, 2.05) is 0 Å². The molecule has 2 amide bonds. The van der Waals surface area contributed by atoms with Crippen molar-refractivity contribution >= 4 is 11.8 Å². The zero-order valence-electron chi connectivity index (χ0n) is 12.7. The van der Waals surface area contributed by atoms with E-state index in [0.717, 1.165) is 19.4 Å². The summed E-state index contributed by atoms with van der Waals surface area (Å²) in [6.45, 7) is 0.791. The zero-order valence-corrected chi connectivity index (χ0v) is 12.7. The third kappa shape index (κ3) is 2.91. The van der Waals surface area contributed by atoms with Crippen LogP contribution in [0, 0.1) is 11.8 Å². The molecule has 0 radical (unpaired) electrons. The minimum absolute atomic E-state index is 0.0590. The van der Waals surface area contributed by atoms with Crippen LogP contribution in [0.5, 0.6) is 0 Å². The third-order valence-electron chi connectivity index (χ3n) is 4.97. The predicted molar refractivity (Wildman–Crippen MR) is 81.1 cm³/mol. The van der Waals surface area contributed by atoms with Gasteiger partial charge in [-0.25, -0.2) is 0 Å². The van der Waals surface area contributed by atoms with Crippen molar-refractivity contribution in [3.8, 4) is 0 Å². The highest BCUT2D eigenvalue weighted by Gasteiger charge is 2.40. The van der Waals surface area contributed by atoms with Crippen LogP contribution in [-0.2, 0) is 16.1 Å². The van der Waals surface area contributed by atoms with Gasteiger partial charge in [-0.1, -0.05) is 6.07 Å². The highest BCUT2D eigenvalue weighted by atomic mass is 16.2. The van der Waals surface area contributed by atoms with E-state index in [4.69, 9.17) is 0 Å². The van der Waals surface area contributed by atoms with Gasteiger partial charge < -0.3 is 14.8 Å². The van der Waals surface area contributed by atoms with Gasteiger partial charge in [-0.3, -0.25) is 14.4 Å². The second-order valence-electron chi connectivity index (χ2n) is 6.33. The van der Waals surface area contributed by atoms with Gasteiger partial charge in [0.1, 0.15) is 6.54 Å². The SMILES string of the molecule is CN(C(=O)Cn1ccccc1=O)[C@H]1C[C@H]2CC(=O)NC[C@H]2C1. The van der Waals surface area contributed by atoms with Crippen molar-refractivity contribution in [1.29, 1.82) is 0 Å². The lowest BCUT2D eigenvalue weighted by Gasteiger charge is -2.25. The number of nitrogens with zero attached hydrogens (tertiary/aromatic N) is 2. The number of piperidine rings is 1. The molecule has 1 aliphatic heterocycles. The normalized spacial score (nSPS) is 27.1. The van der Waals surface area contributed by atoms with Gasteiger partial charge in [-0.15, -0.1) is 0 Å². The van der Waals surface area contributed by atoms with Crippen LogP contribution < -0.4 is 10.9 Å². The second kappa shape index (κ2) is 5.94. The number of hydrogen-bond acceptors (Lipinski definition) is 3. The second-order valence-corrected chi connectivity index (χ2v) is 6.33. The maximum Gasteiger partial charge on any atom is 0.250 e. The zero-order chi connectivity index (χ0) is 15.7. The number of fused-ring (bicyclic) bond motifs is 1. The van der Waals surface area contributed by atoms with Crippen LogP contribution in [0.3, 0.4) is 0 Å². The van der Waals surface area contributed by atoms with Gasteiger partial charge in [0.25, 0.3) is 5.56 Å². The number of pyridine rings is 1. The Hall–Kier alpha value is -2.11. The van der Waals surface area contributed by atoms with Crippen molar-refractivity contribution in [1.82, 2.24) is 14.8 Å². The monoisotopic (exact) mass is 303 g/mol. The van der Waals surface area contributed by atoms with Crippen molar-refractivity contribution < 1.29 is 9.59 Å². The van der Waals surface area contributed by atoms with Gasteiger partial charge in [-0.2, -0.15) is 0 Å². The molecule has 1 saturated heterocycles. The molecule has 2 heterocycles. The van der Waals surface area contributed by atoms with E-state index in [1.165, 1.54) is 10.6 Å². The molecule has 3 rings (SSSR count). The molecule has 1 N–H and O–H groups in total. The lowest BCUT2D eigenvalue weighted by molar-refractivity contribution is -0.132. The van der Waals surface area contributed by atoms with E-state index < -0.39 is 0 Å². The van der Waals surface area contributed by atoms with E-state index in [0.29, 0.717) is 18.3 Å². The minimum Gasteiger partial charge on any atom is -0.356 e. The molecule has 0 unspecified atom stereocenters. The van der Waals surface area contributed by atoms with Gasteiger partial charge >= 0.3 is 0 Å². The lowest BCUT2D eigenvalue weighted by atomic mass is 9.89. The predicted octanol–water partition coefficient (Wildman–Crippen LogP) is 0.221. The van der Waals surface area contributed by atoms with Crippen LogP contribution in [0.1, 0.15) is 19.3 Å². The number of amides is 2. The number of nitrogens with one attached hydrogen (secondary N) is 1. The van der Waals surface area contributed by atoms with E-state index in [9.17, 15) is 14.4 Å². The Morgan fingerprint density at radius 3 is 2.86 bits per heavy atom. The molecule has 1 aromatic rings. The van der Waals surface area contributed by atoms with Crippen LogP contribution in [0.25, 0.3) is 0 Å². The molecule has 1 aromatic heterocycles. The summed E-state index contributed by atoms with van der Waals surface area (Å²) in [5.74, 6) is 0.911. The summed E-state index contributed by atoms with van der Waals surface area (Å²) in [5.41, 5.74) is -0.167. The molecule has 6 heteroatoms. The van der Waals surface area contributed by atoms with E-state index >= 15 is 0 Å². The molecule has 22 heavy (non-hydrogen) atoms. The molecule has 2 aliphatic rings. The molecule has 2 fully saturated rings. The Morgan fingerprint density at radius 2 is 2.09 bits per heavy atom. The first-order chi connectivity index (χ1) is 10.5. The maximum absolute atomic E-state index is 12.4. The average molecular weight is 303 g/mol. The van der Waals surface area contributed by atoms with Gasteiger partial charge in [-0.05, 0) is 30.7 Å². The van der Waals surface area contributed by atoms with Crippen molar-refractivity contribution in [2.75, 3.05) is 13.6 Å². The Bertz CT molecular complexity index is 640. The first kappa shape index (κ1) is 14.8. The number of hydrogen-bond donors (Lipinski definition) is 1. The van der Waals surface area contributed by atoms with E-state index in [2.05, 4.69) is 5.32 Å². The van der Waals surface area contributed by atoms with Gasteiger partial charge in [0, 0.05) is 38.3 Å². The van der Waals surface area contributed by atoms with Crippen LogP contribution in [0.2, 0.25) is 0 Å². The quantitative estimate of drug-likeness (QED) is 0.868. The lowest BCUT2D eigenvalue weighted by Crippen LogP contribution is -2.39. The number of likely N-dealkylation sites (N-methyl/N-ethyl adjacent to an activating group) is 1. The summed E-state index contributed by atoms with van der Waals surface area (Å²) in [6.07, 6.45) is 4.01. The molecular weight excluding hydrogens is 282 g/mol. The van der Waals surface area contributed by atoms with E-state index in [1.54, 1.807) is 30.3 Å². The molecule has 1 saturated carbocycles. The first-order valence-electron chi connectivity index (χ1n) is 7.72. The molecule has 6 nitrogen and oxygen atoms in total. The fourth-order valence-electron chi connectivity index (χ4n) is 3.60. The number of carbonyl (C=O) groups is 2. The highest BCUT2D eigenvalue weighted by molar-refractivity contribution is 5.77. The molecule has 118 valence electrons. The molecule has 0 spiro atoms. The number of rotatable bonds is 3. The van der Waals surface area contributed by atoms with Crippen LogP contribution in [0.4, 0.5) is 0 Å². The topological polar surface area (TPSA) is 71.4 Å². The summed E-state index contributed by atoms with van der Waals surface area (Å²) in [6, 6.07) is 5.03. The Morgan fingerprint density at radius 1 is 1.32 bits per heavy atom. The Labute approximate surface area is 129 Å². The van der Waals surface area contributed by atoms with Crippen LogP contribution >= 0.6 is 0 Å². The van der Waals surface area contributed by atoms with Crippen molar-refractivity contribution in [3.63, 3.8) is 0 Å². The molecule has 3 atom stereocenters. The van der Waals surface area contributed by atoms with Crippen molar-refractivity contribution in [2.45, 2.75) is 31.8 Å². The van der Waals surface area contributed by atoms with Gasteiger partial charge in [0.05, 0.1) is 0 Å². The number of carbonyl (C=O) groups excluding carboxylic acids is 2. The summed E-state index contributed by atoms with van der Waals surface area (Å²) < 4.78 is 1.42. The van der Waals surface area contributed by atoms with Crippen molar-refractivity contribution in [3.05, 3.63) is 34.7 Å². The molecule has 0 aromatic carbocycles. The average Bonchev–Trinajstić information content (AvgIpc) is 2.91. The minimum atomic E-state index is -0.167. The van der Waals surface area contributed by atoms with E-state index in [-0.39, 0.29) is 30.0 Å².